The number of piperidine rings is 1. The van der Waals surface area contributed by atoms with Crippen molar-refractivity contribution < 1.29 is 9.90 Å². The molecular weight excluding hydrogens is 240 g/mol. The molecule has 1 aliphatic heterocycles. The van der Waals surface area contributed by atoms with Crippen LogP contribution >= 0.6 is 0 Å². The number of nitrogens with one attached hydrogen (secondary N) is 1. The van der Waals surface area contributed by atoms with Crippen LogP contribution in [-0.4, -0.2) is 48.2 Å². The molecule has 0 aromatic heterocycles. The highest BCUT2D eigenvalue weighted by atomic mass is 16.4. The zero-order chi connectivity index (χ0) is 13.7. The standard InChI is InChI=1S/C15H28N2O2/c1-2-16-13(14(18)19)5-10-17-11-8-15(9-12-17)6-3-4-7-15/h13,16H,2-12H2,1H3,(H,18,19). The predicted molar refractivity (Wildman–Crippen MR) is 76.3 cm³/mol. The van der Waals surface area contributed by atoms with Crippen molar-refractivity contribution in [2.24, 2.45) is 5.41 Å². The molecule has 1 aliphatic carbocycles. The van der Waals surface area contributed by atoms with Crippen molar-refractivity contribution in [3.8, 4) is 0 Å². The fourth-order valence-electron chi connectivity index (χ4n) is 3.75. The van der Waals surface area contributed by atoms with Crippen LogP contribution in [0.1, 0.15) is 51.9 Å². The van der Waals surface area contributed by atoms with Gasteiger partial charge in [-0.05, 0) is 57.2 Å². The van der Waals surface area contributed by atoms with E-state index >= 15 is 0 Å². The van der Waals surface area contributed by atoms with Crippen molar-refractivity contribution in [1.82, 2.24) is 10.2 Å². The monoisotopic (exact) mass is 268 g/mol. The van der Waals surface area contributed by atoms with Gasteiger partial charge in [-0.2, -0.15) is 0 Å². The Morgan fingerprint density at radius 1 is 1.26 bits per heavy atom. The number of carbonyl (C=O) groups is 1. The summed E-state index contributed by atoms with van der Waals surface area (Å²) in [7, 11) is 0. The zero-order valence-corrected chi connectivity index (χ0v) is 12.2. The molecule has 0 aromatic rings. The molecule has 0 radical (unpaired) electrons. The molecular formula is C15H28N2O2. The van der Waals surface area contributed by atoms with Crippen LogP contribution in [0, 0.1) is 5.41 Å². The van der Waals surface area contributed by atoms with E-state index in [1.807, 2.05) is 6.92 Å². The Morgan fingerprint density at radius 2 is 1.89 bits per heavy atom. The second-order valence-corrected chi connectivity index (χ2v) is 6.29. The number of likely N-dealkylation sites (tertiary alicyclic amines) is 1. The maximum atomic E-state index is 11.1. The first-order chi connectivity index (χ1) is 9.15. The van der Waals surface area contributed by atoms with Gasteiger partial charge in [0.25, 0.3) is 0 Å². The first kappa shape index (κ1) is 14.8. The van der Waals surface area contributed by atoms with Gasteiger partial charge in [-0.15, -0.1) is 0 Å². The molecule has 0 aromatic carbocycles. The number of carboxylic acids is 1. The average molecular weight is 268 g/mol. The van der Waals surface area contributed by atoms with E-state index in [9.17, 15) is 4.79 Å². The highest BCUT2D eigenvalue weighted by Gasteiger charge is 2.36. The molecule has 1 spiro atoms. The summed E-state index contributed by atoms with van der Waals surface area (Å²) >= 11 is 0. The molecule has 4 nitrogen and oxygen atoms in total. The van der Waals surface area contributed by atoms with Gasteiger partial charge in [-0.3, -0.25) is 4.79 Å². The molecule has 0 bridgehead atoms. The number of nitrogens with zero attached hydrogens (tertiary/aromatic N) is 1. The van der Waals surface area contributed by atoms with Crippen LogP contribution in [0.15, 0.2) is 0 Å². The number of aliphatic carboxylic acids is 1. The van der Waals surface area contributed by atoms with Crippen LogP contribution < -0.4 is 5.32 Å². The maximum absolute atomic E-state index is 11.1. The summed E-state index contributed by atoms with van der Waals surface area (Å²) in [6.45, 7) is 5.93. The lowest BCUT2D eigenvalue weighted by atomic mass is 9.77. The molecule has 2 N–H and O–H groups in total. The Morgan fingerprint density at radius 3 is 2.42 bits per heavy atom. The average Bonchev–Trinajstić information content (AvgIpc) is 2.85. The molecule has 19 heavy (non-hydrogen) atoms. The van der Waals surface area contributed by atoms with E-state index in [-0.39, 0.29) is 6.04 Å². The SMILES string of the molecule is CCNC(CCN1CCC2(CCCC2)CC1)C(=O)O. The third-order valence-electron chi connectivity index (χ3n) is 5.06. The van der Waals surface area contributed by atoms with Crippen LogP contribution in [-0.2, 0) is 4.79 Å². The summed E-state index contributed by atoms with van der Waals surface area (Å²) in [5, 5.41) is 12.2. The molecule has 110 valence electrons. The molecule has 1 saturated heterocycles. The first-order valence-electron chi connectivity index (χ1n) is 7.84. The molecule has 1 heterocycles. The van der Waals surface area contributed by atoms with E-state index in [0.717, 1.165) is 19.5 Å². The highest BCUT2D eigenvalue weighted by molar-refractivity contribution is 5.73. The highest BCUT2D eigenvalue weighted by Crippen LogP contribution is 2.46. The lowest BCUT2D eigenvalue weighted by molar-refractivity contribution is -0.139. The van der Waals surface area contributed by atoms with Crippen LogP contribution in [0.4, 0.5) is 0 Å². The normalized spacial score (nSPS) is 24.7. The van der Waals surface area contributed by atoms with E-state index in [2.05, 4.69) is 10.2 Å². The van der Waals surface area contributed by atoms with Gasteiger partial charge in [0.15, 0.2) is 0 Å². The van der Waals surface area contributed by atoms with Crippen LogP contribution in [0.25, 0.3) is 0 Å². The molecule has 2 fully saturated rings. The summed E-state index contributed by atoms with van der Waals surface area (Å²) in [6.07, 6.45) is 9.06. The number of hydrogen-bond donors (Lipinski definition) is 2. The van der Waals surface area contributed by atoms with Crippen molar-refractivity contribution in [1.29, 1.82) is 0 Å². The Bertz CT molecular complexity index is 291. The minimum atomic E-state index is -0.717. The van der Waals surface area contributed by atoms with Crippen molar-refractivity contribution in [2.75, 3.05) is 26.2 Å². The number of hydrogen-bond acceptors (Lipinski definition) is 3. The van der Waals surface area contributed by atoms with Gasteiger partial charge in [0.2, 0.25) is 0 Å². The topological polar surface area (TPSA) is 52.6 Å². The van der Waals surface area contributed by atoms with E-state index in [1.54, 1.807) is 0 Å². The molecule has 1 saturated carbocycles. The Labute approximate surface area is 116 Å². The molecule has 0 amide bonds. The third kappa shape index (κ3) is 3.93. The van der Waals surface area contributed by atoms with Gasteiger partial charge in [-0.25, -0.2) is 0 Å². The van der Waals surface area contributed by atoms with Crippen LogP contribution in [0.5, 0.6) is 0 Å². The van der Waals surface area contributed by atoms with Crippen molar-refractivity contribution in [2.45, 2.75) is 57.9 Å². The second-order valence-electron chi connectivity index (χ2n) is 6.29. The quantitative estimate of drug-likeness (QED) is 0.774. The first-order valence-corrected chi connectivity index (χ1v) is 7.84. The largest absolute Gasteiger partial charge is 0.480 e. The summed E-state index contributed by atoms with van der Waals surface area (Å²) in [5.74, 6) is -0.717. The number of rotatable bonds is 6. The Hall–Kier alpha value is -0.610. The molecule has 4 heteroatoms. The van der Waals surface area contributed by atoms with Crippen LogP contribution in [0.2, 0.25) is 0 Å². The van der Waals surface area contributed by atoms with Crippen molar-refractivity contribution >= 4 is 5.97 Å². The summed E-state index contributed by atoms with van der Waals surface area (Å²) in [5.41, 5.74) is 0.657. The number of carboxylic acid groups (broad SMARTS) is 1. The zero-order valence-electron chi connectivity index (χ0n) is 12.2. The lowest BCUT2D eigenvalue weighted by Crippen LogP contribution is -2.43. The Kier molecular flexibility index (Phi) is 5.22. The lowest BCUT2D eigenvalue weighted by Gasteiger charge is -2.39. The molecule has 2 rings (SSSR count). The van der Waals surface area contributed by atoms with E-state index in [4.69, 9.17) is 5.11 Å². The molecule has 1 atom stereocenters. The summed E-state index contributed by atoms with van der Waals surface area (Å²) < 4.78 is 0. The molecule has 2 aliphatic rings. The Balaban J connectivity index is 1.71. The smallest absolute Gasteiger partial charge is 0.320 e. The fraction of sp³-hybridized carbons (Fsp3) is 0.933. The fourth-order valence-corrected chi connectivity index (χ4v) is 3.75. The minimum absolute atomic E-state index is 0.382. The summed E-state index contributed by atoms with van der Waals surface area (Å²) in [4.78, 5) is 13.5. The van der Waals surface area contributed by atoms with E-state index < -0.39 is 5.97 Å². The maximum Gasteiger partial charge on any atom is 0.320 e. The number of likely N-dealkylation sites (N-methyl/N-ethyl adjacent to an activating group) is 1. The predicted octanol–water partition coefficient (Wildman–Crippen LogP) is 2.10. The van der Waals surface area contributed by atoms with Gasteiger partial charge >= 0.3 is 5.97 Å². The van der Waals surface area contributed by atoms with Crippen molar-refractivity contribution in [3.63, 3.8) is 0 Å². The third-order valence-corrected chi connectivity index (χ3v) is 5.06. The van der Waals surface area contributed by atoms with Gasteiger partial charge in [-0.1, -0.05) is 19.8 Å². The van der Waals surface area contributed by atoms with Crippen LogP contribution in [0.3, 0.4) is 0 Å². The second kappa shape index (κ2) is 6.71. The van der Waals surface area contributed by atoms with Gasteiger partial charge in [0.05, 0.1) is 0 Å². The van der Waals surface area contributed by atoms with Gasteiger partial charge in [0, 0.05) is 6.54 Å². The minimum Gasteiger partial charge on any atom is -0.480 e. The van der Waals surface area contributed by atoms with Gasteiger partial charge < -0.3 is 15.3 Å². The molecule has 1 unspecified atom stereocenters. The van der Waals surface area contributed by atoms with Gasteiger partial charge in [0.1, 0.15) is 6.04 Å². The van der Waals surface area contributed by atoms with E-state index in [1.165, 1.54) is 51.6 Å². The summed E-state index contributed by atoms with van der Waals surface area (Å²) in [6, 6.07) is -0.382. The van der Waals surface area contributed by atoms with Crippen molar-refractivity contribution in [3.05, 3.63) is 0 Å². The van der Waals surface area contributed by atoms with E-state index in [0.29, 0.717) is 5.41 Å².